The number of aliphatic hydroxyl groups is 1. The molecule has 0 aliphatic rings. The fourth-order valence-electron chi connectivity index (χ4n) is 0.504. The summed E-state index contributed by atoms with van der Waals surface area (Å²) in [6, 6.07) is 0. The molecule has 1 heteroatoms. The molecule has 68 valence electrons. The first-order valence-electron chi connectivity index (χ1n) is 4.06. The van der Waals surface area contributed by atoms with E-state index in [0.717, 1.165) is 5.57 Å². The van der Waals surface area contributed by atoms with E-state index in [1.165, 1.54) is 0 Å². The fraction of sp³-hybridized carbons (Fsp3) is 0.273. The van der Waals surface area contributed by atoms with Crippen LogP contribution >= 0.6 is 0 Å². The molecule has 0 spiro atoms. The average Bonchev–Trinajstić information content (AvgIpc) is 2.15. The van der Waals surface area contributed by atoms with Crippen molar-refractivity contribution in [3.05, 3.63) is 49.1 Å². The summed E-state index contributed by atoms with van der Waals surface area (Å²) in [7, 11) is 0. The van der Waals surface area contributed by atoms with Crippen LogP contribution in [-0.2, 0) is 0 Å². The number of aliphatic hydroxyl groups excluding tert-OH is 1. The van der Waals surface area contributed by atoms with E-state index in [0.29, 0.717) is 0 Å². The van der Waals surface area contributed by atoms with Gasteiger partial charge in [0.05, 0.1) is 6.61 Å². The van der Waals surface area contributed by atoms with E-state index < -0.39 is 0 Å². The first-order valence-corrected chi connectivity index (χ1v) is 4.06. The Kier molecular flexibility index (Phi) is 14.2. The fourth-order valence-corrected chi connectivity index (χ4v) is 0.504. The summed E-state index contributed by atoms with van der Waals surface area (Å²) in [5.41, 5.74) is 0.829. The van der Waals surface area contributed by atoms with Crippen molar-refractivity contribution in [2.75, 3.05) is 6.61 Å². The summed E-state index contributed by atoms with van der Waals surface area (Å²) >= 11 is 0. The molecular weight excluding hydrogens is 148 g/mol. The van der Waals surface area contributed by atoms with E-state index in [1.54, 1.807) is 30.4 Å². The van der Waals surface area contributed by atoms with Gasteiger partial charge in [-0.3, -0.25) is 0 Å². The second-order valence-corrected chi connectivity index (χ2v) is 1.73. The van der Waals surface area contributed by atoms with Crippen LogP contribution in [-0.4, -0.2) is 11.7 Å². The van der Waals surface area contributed by atoms with Crippen molar-refractivity contribution in [2.24, 2.45) is 0 Å². The number of allylic oxidation sites excluding steroid dienone is 4. The minimum absolute atomic E-state index is 0.0381. The molecule has 0 fully saturated rings. The van der Waals surface area contributed by atoms with Gasteiger partial charge >= 0.3 is 0 Å². The van der Waals surface area contributed by atoms with Gasteiger partial charge in [0, 0.05) is 0 Å². The average molecular weight is 166 g/mol. The summed E-state index contributed by atoms with van der Waals surface area (Å²) < 4.78 is 0. The van der Waals surface area contributed by atoms with Gasteiger partial charge in [0.25, 0.3) is 0 Å². The third-order valence-corrected chi connectivity index (χ3v) is 0.961. The van der Waals surface area contributed by atoms with Crippen molar-refractivity contribution in [2.45, 2.75) is 13.8 Å². The smallest absolute Gasteiger partial charge is 0.0681 e. The predicted octanol–water partition coefficient (Wildman–Crippen LogP) is 2.86. The molecule has 0 unspecified atom stereocenters. The molecule has 1 nitrogen and oxygen atoms in total. The Morgan fingerprint density at radius 1 is 1.25 bits per heavy atom. The molecule has 0 radical (unpaired) electrons. The van der Waals surface area contributed by atoms with Gasteiger partial charge in [-0.1, -0.05) is 57.4 Å². The van der Waals surface area contributed by atoms with Gasteiger partial charge in [0.1, 0.15) is 0 Å². The summed E-state index contributed by atoms with van der Waals surface area (Å²) in [5.74, 6) is 0. The van der Waals surface area contributed by atoms with Crippen LogP contribution in [0.2, 0.25) is 0 Å². The Balaban J connectivity index is 0. The molecule has 0 aromatic heterocycles. The molecule has 0 aliphatic heterocycles. The number of rotatable bonds is 4. The van der Waals surface area contributed by atoms with Crippen molar-refractivity contribution in [3.63, 3.8) is 0 Å². The van der Waals surface area contributed by atoms with E-state index in [2.05, 4.69) is 13.2 Å². The van der Waals surface area contributed by atoms with Crippen molar-refractivity contribution in [1.82, 2.24) is 0 Å². The quantitative estimate of drug-likeness (QED) is 0.637. The lowest BCUT2D eigenvalue weighted by molar-refractivity contribution is 0.335. The van der Waals surface area contributed by atoms with Crippen LogP contribution in [0.1, 0.15) is 13.8 Å². The Morgan fingerprint density at radius 2 is 1.83 bits per heavy atom. The highest BCUT2D eigenvalue weighted by atomic mass is 16.3. The number of hydrogen-bond acceptors (Lipinski definition) is 1. The lowest BCUT2D eigenvalue weighted by Crippen LogP contribution is -1.83. The summed E-state index contributed by atoms with van der Waals surface area (Å²) in [4.78, 5) is 0. The largest absolute Gasteiger partial charge is 0.392 e. The second-order valence-electron chi connectivity index (χ2n) is 1.73. The van der Waals surface area contributed by atoms with Gasteiger partial charge in [0.2, 0.25) is 0 Å². The molecule has 0 aliphatic carbocycles. The highest BCUT2D eigenvalue weighted by Crippen LogP contribution is 1.94. The summed E-state index contributed by atoms with van der Waals surface area (Å²) in [6.07, 6.45) is 8.60. The van der Waals surface area contributed by atoms with E-state index in [4.69, 9.17) is 5.11 Å². The van der Waals surface area contributed by atoms with Crippen LogP contribution in [0.5, 0.6) is 0 Å². The zero-order valence-electron chi connectivity index (χ0n) is 7.96. The Morgan fingerprint density at radius 3 is 2.17 bits per heavy atom. The lowest BCUT2D eigenvalue weighted by Gasteiger charge is -1.90. The molecule has 0 atom stereocenters. The van der Waals surface area contributed by atoms with E-state index in [1.807, 2.05) is 13.8 Å². The van der Waals surface area contributed by atoms with Gasteiger partial charge in [0.15, 0.2) is 0 Å². The topological polar surface area (TPSA) is 20.2 Å². The highest BCUT2D eigenvalue weighted by molar-refractivity contribution is 5.25. The molecular formula is C11H18O. The van der Waals surface area contributed by atoms with Crippen molar-refractivity contribution in [1.29, 1.82) is 0 Å². The minimum Gasteiger partial charge on any atom is -0.392 e. The summed E-state index contributed by atoms with van der Waals surface area (Å²) in [5, 5.41) is 8.68. The molecule has 0 aromatic carbocycles. The number of hydrogen-bond donors (Lipinski definition) is 1. The van der Waals surface area contributed by atoms with E-state index in [-0.39, 0.29) is 6.61 Å². The monoisotopic (exact) mass is 166 g/mol. The maximum atomic E-state index is 8.68. The third-order valence-electron chi connectivity index (χ3n) is 0.961. The normalized spacial score (nSPS) is 10.4. The van der Waals surface area contributed by atoms with Crippen LogP contribution in [0.4, 0.5) is 0 Å². The van der Waals surface area contributed by atoms with Crippen molar-refractivity contribution in [3.8, 4) is 0 Å². The standard InChI is InChI=1S/C9H12O.C2H6/c1-3-5-7-9(8-10)6-4-2;1-2/h3-7,10H,1-2,8H2;1-2H3/b7-5-,9-6+;. The van der Waals surface area contributed by atoms with Gasteiger partial charge in [-0.25, -0.2) is 0 Å². The van der Waals surface area contributed by atoms with Gasteiger partial charge in [-0.2, -0.15) is 0 Å². The van der Waals surface area contributed by atoms with Crippen LogP contribution in [0.3, 0.4) is 0 Å². The lowest BCUT2D eigenvalue weighted by atomic mass is 10.2. The molecule has 0 amide bonds. The molecule has 0 saturated carbocycles. The first-order chi connectivity index (χ1) is 5.85. The molecule has 0 bridgehead atoms. The van der Waals surface area contributed by atoms with Crippen molar-refractivity contribution >= 4 is 0 Å². The first kappa shape index (κ1) is 13.5. The Labute approximate surface area is 75.4 Å². The van der Waals surface area contributed by atoms with Crippen LogP contribution in [0, 0.1) is 0 Å². The minimum atomic E-state index is 0.0381. The molecule has 0 aromatic rings. The molecule has 1 N–H and O–H groups in total. The molecule has 0 saturated heterocycles. The Bertz CT molecular complexity index is 164. The van der Waals surface area contributed by atoms with Gasteiger partial charge < -0.3 is 5.11 Å². The maximum absolute atomic E-state index is 8.68. The predicted molar refractivity (Wildman–Crippen MR) is 56.1 cm³/mol. The molecule has 0 heterocycles. The van der Waals surface area contributed by atoms with Crippen LogP contribution in [0.25, 0.3) is 0 Å². The van der Waals surface area contributed by atoms with Crippen molar-refractivity contribution < 1.29 is 5.11 Å². The summed E-state index contributed by atoms with van der Waals surface area (Å²) in [6.45, 7) is 11.1. The molecule has 0 rings (SSSR count). The van der Waals surface area contributed by atoms with Gasteiger partial charge in [-0.05, 0) is 5.57 Å². The zero-order chi connectivity index (χ0) is 9.82. The zero-order valence-corrected chi connectivity index (χ0v) is 7.96. The maximum Gasteiger partial charge on any atom is 0.0681 e. The van der Waals surface area contributed by atoms with Crippen LogP contribution in [0.15, 0.2) is 49.1 Å². The van der Waals surface area contributed by atoms with Crippen LogP contribution < -0.4 is 0 Å². The van der Waals surface area contributed by atoms with E-state index in [9.17, 15) is 0 Å². The van der Waals surface area contributed by atoms with Gasteiger partial charge in [-0.15, -0.1) is 0 Å². The molecule has 12 heavy (non-hydrogen) atoms. The third kappa shape index (κ3) is 8.92. The second kappa shape index (κ2) is 12.6. The Hall–Kier alpha value is -1.08. The SMILES string of the molecule is C=C/C=C\C(=C/C=C)CO.CC. The highest BCUT2D eigenvalue weighted by Gasteiger charge is 1.82. The van der Waals surface area contributed by atoms with E-state index >= 15 is 0 Å².